The van der Waals surface area contributed by atoms with Crippen molar-refractivity contribution in [2.75, 3.05) is 6.54 Å². The summed E-state index contributed by atoms with van der Waals surface area (Å²) in [6.45, 7) is 0.584. The Bertz CT molecular complexity index is 419. The van der Waals surface area contributed by atoms with Crippen LogP contribution in [0.15, 0.2) is 18.5 Å². The fourth-order valence-corrected chi connectivity index (χ4v) is 1.74. The maximum Gasteiger partial charge on any atom is 0.255 e. The summed E-state index contributed by atoms with van der Waals surface area (Å²) >= 11 is 4.84. The molecule has 90 valence electrons. The summed E-state index contributed by atoms with van der Waals surface area (Å²) in [4.78, 5) is 14.5. The summed E-state index contributed by atoms with van der Waals surface area (Å²) < 4.78 is 0. The van der Waals surface area contributed by atoms with Crippen molar-refractivity contribution in [2.24, 2.45) is 5.73 Å². The van der Waals surface area contributed by atoms with Gasteiger partial charge >= 0.3 is 0 Å². The van der Waals surface area contributed by atoms with Gasteiger partial charge < -0.3 is 10.6 Å². The van der Waals surface area contributed by atoms with E-state index in [0.29, 0.717) is 29.6 Å². The first-order chi connectivity index (χ1) is 8.18. The van der Waals surface area contributed by atoms with Crippen molar-refractivity contribution in [2.45, 2.75) is 25.3 Å². The molecule has 0 spiro atoms. The summed E-state index contributed by atoms with van der Waals surface area (Å²) in [5.41, 5.74) is 6.04. The summed E-state index contributed by atoms with van der Waals surface area (Å²) in [7, 11) is 0. The van der Waals surface area contributed by atoms with Gasteiger partial charge in [0, 0.05) is 19.0 Å². The number of amides is 1. The standard InChI is InChI=1S/C11H14N4OS/c12-10(17)4-6-15(9-1-2-9)11(16)8-3-5-13-14-7-8/h3,5,7,9H,1-2,4,6H2,(H2,12,17). The minimum Gasteiger partial charge on any atom is -0.393 e. The van der Waals surface area contributed by atoms with Gasteiger partial charge in [-0.25, -0.2) is 0 Å². The lowest BCUT2D eigenvalue weighted by Crippen LogP contribution is -2.35. The summed E-state index contributed by atoms with van der Waals surface area (Å²) in [6, 6.07) is 2.01. The van der Waals surface area contributed by atoms with Crippen LogP contribution < -0.4 is 5.73 Å². The molecular formula is C11H14N4OS. The second-order valence-electron chi connectivity index (χ2n) is 4.08. The predicted octanol–water partition coefficient (Wildman–Crippen LogP) is 0.757. The molecule has 0 aromatic carbocycles. The van der Waals surface area contributed by atoms with E-state index in [0.717, 1.165) is 12.8 Å². The van der Waals surface area contributed by atoms with E-state index in [9.17, 15) is 4.79 Å². The van der Waals surface area contributed by atoms with Crippen LogP contribution in [0, 0.1) is 0 Å². The Hall–Kier alpha value is -1.56. The van der Waals surface area contributed by atoms with E-state index in [1.807, 2.05) is 4.90 Å². The lowest BCUT2D eigenvalue weighted by Gasteiger charge is -2.21. The smallest absolute Gasteiger partial charge is 0.255 e. The highest BCUT2D eigenvalue weighted by Gasteiger charge is 2.32. The van der Waals surface area contributed by atoms with Gasteiger partial charge in [-0.15, -0.1) is 0 Å². The highest BCUT2D eigenvalue weighted by Crippen LogP contribution is 2.28. The van der Waals surface area contributed by atoms with Crippen LogP contribution in [0.1, 0.15) is 29.6 Å². The average molecular weight is 250 g/mol. The minimum atomic E-state index is -0.0151. The number of carbonyl (C=O) groups excluding carboxylic acids is 1. The van der Waals surface area contributed by atoms with Crippen molar-refractivity contribution in [3.63, 3.8) is 0 Å². The Morgan fingerprint density at radius 1 is 1.53 bits per heavy atom. The third-order valence-corrected chi connectivity index (χ3v) is 2.88. The van der Waals surface area contributed by atoms with Gasteiger partial charge in [-0.3, -0.25) is 4.79 Å². The monoisotopic (exact) mass is 250 g/mol. The molecule has 17 heavy (non-hydrogen) atoms. The Balaban J connectivity index is 2.05. The van der Waals surface area contributed by atoms with Crippen LogP contribution in [0.2, 0.25) is 0 Å². The van der Waals surface area contributed by atoms with Crippen molar-refractivity contribution in [1.29, 1.82) is 0 Å². The predicted molar refractivity (Wildman–Crippen MR) is 67.5 cm³/mol. The Morgan fingerprint density at radius 2 is 2.29 bits per heavy atom. The average Bonchev–Trinajstić information content (AvgIpc) is 3.14. The number of carbonyl (C=O) groups is 1. The maximum absolute atomic E-state index is 12.2. The molecule has 0 saturated heterocycles. The van der Waals surface area contributed by atoms with Gasteiger partial charge in [0.05, 0.1) is 22.9 Å². The van der Waals surface area contributed by atoms with Crippen LogP contribution in [-0.2, 0) is 0 Å². The third kappa shape index (κ3) is 3.20. The van der Waals surface area contributed by atoms with Crippen molar-refractivity contribution in [3.8, 4) is 0 Å². The number of aromatic nitrogens is 2. The van der Waals surface area contributed by atoms with Crippen LogP contribution in [0.25, 0.3) is 0 Å². The summed E-state index contributed by atoms with van der Waals surface area (Å²) in [6.07, 6.45) is 5.68. The zero-order valence-corrected chi connectivity index (χ0v) is 10.2. The van der Waals surface area contributed by atoms with Crippen molar-refractivity contribution in [3.05, 3.63) is 24.0 Å². The number of hydrogen-bond donors (Lipinski definition) is 1. The zero-order chi connectivity index (χ0) is 12.3. The molecular weight excluding hydrogens is 236 g/mol. The number of rotatable bonds is 5. The molecule has 1 amide bonds. The summed E-state index contributed by atoms with van der Waals surface area (Å²) in [5.74, 6) is -0.0151. The van der Waals surface area contributed by atoms with E-state index in [4.69, 9.17) is 18.0 Å². The quantitative estimate of drug-likeness (QED) is 0.781. The first kappa shape index (κ1) is 11.9. The van der Waals surface area contributed by atoms with E-state index >= 15 is 0 Å². The maximum atomic E-state index is 12.2. The van der Waals surface area contributed by atoms with Crippen LogP contribution >= 0.6 is 12.2 Å². The van der Waals surface area contributed by atoms with Gasteiger partial charge in [0.2, 0.25) is 0 Å². The second-order valence-corrected chi connectivity index (χ2v) is 4.60. The topological polar surface area (TPSA) is 72.1 Å². The van der Waals surface area contributed by atoms with E-state index < -0.39 is 0 Å². The number of nitrogens with zero attached hydrogens (tertiary/aromatic N) is 3. The third-order valence-electron chi connectivity index (χ3n) is 2.68. The molecule has 0 atom stereocenters. The first-order valence-electron chi connectivity index (χ1n) is 5.54. The second kappa shape index (κ2) is 5.18. The molecule has 2 N–H and O–H groups in total. The summed E-state index contributed by atoms with van der Waals surface area (Å²) in [5, 5.41) is 7.38. The number of hydrogen-bond acceptors (Lipinski definition) is 4. The molecule has 5 nitrogen and oxygen atoms in total. The van der Waals surface area contributed by atoms with Crippen LogP contribution in [0.4, 0.5) is 0 Å². The fraction of sp³-hybridized carbons (Fsp3) is 0.455. The highest BCUT2D eigenvalue weighted by molar-refractivity contribution is 7.80. The van der Waals surface area contributed by atoms with Crippen LogP contribution in [-0.4, -0.2) is 38.6 Å². The molecule has 1 aromatic rings. The fourth-order valence-electron chi connectivity index (χ4n) is 1.65. The molecule has 0 unspecified atom stereocenters. The first-order valence-corrected chi connectivity index (χ1v) is 5.95. The van der Waals surface area contributed by atoms with Crippen molar-refractivity contribution < 1.29 is 4.79 Å². The van der Waals surface area contributed by atoms with Crippen molar-refractivity contribution >= 4 is 23.1 Å². The minimum absolute atomic E-state index is 0.0151. The molecule has 6 heteroatoms. The molecule has 1 fully saturated rings. The number of nitrogens with two attached hydrogens (primary N) is 1. The molecule has 1 heterocycles. The van der Waals surface area contributed by atoms with E-state index in [1.54, 1.807) is 6.07 Å². The highest BCUT2D eigenvalue weighted by atomic mass is 32.1. The molecule has 1 saturated carbocycles. The van der Waals surface area contributed by atoms with Crippen molar-refractivity contribution in [1.82, 2.24) is 15.1 Å². The lowest BCUT2D eigenvalue weighted by atomic mass is 10.2. The molecule has 0 bridgehead atoms. The SMILES string of the molecule is NC(=S)CCN(C(=O)c1ccnnc1)C1CC1. The van der Waals surface area contributed by atoms with Crippen LogP contribution in [0.3, 0.4) is 0 Å². The van der Waals surface area contributed by atoms with E-state index in [2.05, 4.69) is 10.2 Å². The van der Waals surface area contributed by atoms with E-state index in [1.165, 1.54) is 12.4 Å². The van der Waals surface area contributed by atoms with Gasteiger partial charge in [-0.2, -0.15) is 10.2 Å². The Morgan fingerprint density at radius 3 is 2.82 bits per heavy atom. The van der Waals surface area contributed by atoms with Crippen LogP contribution in [0.5, 0.6) is 0 Å². The molecule has 0 aliphatic heterocycles. The Kier molecular flexibility index (Phi) is 3.63. The largest absolute Gasteiger partial charge is 0.393 e. The van der Waals surface area contributed by atoms with Gasteiger partial charge in [-0.05, 0) is 18.9 Å². The molecule has 1 aliphatic rings. The molecule has 0 radical (unpaired) electrons. The number of thiocarbonyl (C=S) groups is 1. The van der Waals surface area contributed by atoms with E-state index in [-0.39, 0.29) is 5.91 Å². The van der Waals surface area contributed by atoms with Gasteiger partial charge in [0.1, 0.15) is 0 Å². The molecule has 1 aliphatic carbocycles. The Labute approximate surface area is 105 Å². The van der Waals surface area contributed by atoms with Gasteiger partial charge in [-0.1, -0.05) is 12.2 Å². The normalized spacial score (nSPS) is 14.4. The van der Waals surface area contributed by atoms with Gasteiger partial charge in [0.15, 0.2) is 0 Å². The zero-order valence-electron chi connectivity index (χ0n) is 9.37. The van der Waals surface area contributed by atoms with Gasteiger partial charge in [0.25, 0.3) is 5.91 Å². The molecule has 1 aromatic heterocycles. The lowest BCUT2D eigenvalue weighted by molar-refractivity contribution is 0.0747. The molecule has 2 rings (SSSR count).